The van der Waals surface area contributed by atoms with Crippen LogP contribution in [0.25, 0.3) is 0 Å². The Labute approximate surface area is 147 Å². The minimum Gasteiger partial charge on any atom is -0.494 e. The first-order valence-corrected chi connectivity index (χ1v) is 8.33. The number of nitrogens with one attached hydrogen (secondary N) is 1. The molecule has 0 heterocycles. The number of carbonyl (C=O) groups excluding carboxylic acids is 1. The highest BCUT2D eigenvalue weighted by molar-refractivity contribution is 5.90. The van der Waals surface area contributed by atoms with Crippen molar-refractivity contribution in [1.82, 2.24) is 0 Å². The highest BCUT2D eigenvalue weighted by atomic mass is 16.5. The van der Waals surface area contributed by atoms with Crippen LogP contribution in [0.15, 0.2) is 48.5 Å². The molecular formula is C20H23NO4. The molecule has 0 unspecified atom stereocenters. The summed E-state index contributed by atoms with van der Waals surface area (Å²) in [7, 11) is 0. The summed E-state index contributed by atoms with van der Waals surface area (Å²) in [4.78, 5) is 22.6. The lowest BCUT2D eigenvalue weighted by atomic mass is 10.1. The molecule has 0 saturated carbocycles. The number of aliphatic carboxylic acids is 1. The van der Waals surface area contributed by atoms with E-state index < -0.39 is 5.97 Å². The van der Waals surface area contributed by atoms with Crippen LogP contribution in [-0.2, 0) is 16.0 Å². The number of carboxylic acids is 1. The van der Waals surface area contributed by atoms with E-state index in [1.165, 1.54) is 0 Å². The molecule has 0 aliphatic rings. The van der Waals surface area contributed by atoms with Crippen molar-refractivity contribution in [2.45, 2.75) is 32.6 Å². The lowest BCUT2D eigenvalue weighted by molar-refractivity contribution is -0.137. The molecule has 132 valence electrons. The summed E-state index contributed by atoms with van der Waals surface area (Å²) < 4.78 is 5.63. The molecule has 5 heteroatoms. The molecule has 0 aromatic heterocycles. The first-order valence-electron chi connectivity index (χ1n) is 8.33. The van der Waals surface area contributed by atoms with Gasteiger partial charge in [0.1, 0.15) is 5.75 Å². The Morgan fingerprint density at radius 2 is 1.88 bits per heavy atom. The van der Waals surface area contributed by atoms with Crippen molar-refractivity contribution in [3.63, 3.8) is 0 Å². The molecule has 2 aromatic rings. The van der Waals surface area contributed by atoms with E-state index in [2.05, 4.69) is 5.32 Å². The topological polar surface area (TPSA) is 75.6 Å². The van der Waals surface area contributed by atoms with Crippen LogP contribution in [0.4, 0.5) is 5.69 Å². The Hall–Kier alpha value is -2.82. The number of hydrogen-bond acceptors (Lipinski definition) is 3. The Bertz CT molecular complexity index is 727. The van der Waals surface area contributed by atoms with Crippen molar-refractivity contribution in [1.29, 1.82) is 0 Å². The third-order valence-corrected chi connectivity index (χ3v) is 3.64. The van der Waals surface area contributed by atoms with Crippen molar-refractivity contribution in [2.24, 2.45) is 0 Å². The number of rotatable bonds is 9. The van der Waals surface area contributed by atoms with Gasteiger partial charge in [0, 0.05) is 18.5 Å². The molecule has 1 amide bonds. The molecule has 0 radical (unpaired) electrons. The average Bonchev–Trinajstić information content (AvgIpc) is 2.57. The summed E-state index contributed by atoms with van der Waals surface area (Å²) in [5.41, 5.74) is 2.72. The molecule has 0 spiro atoms. The third kappa shape index (κ3) is 7.08. The maximum Gasteiger partial charge on any atom is 0.303 e. The number of ether oxygens (including phenoxy) is 1. The zero-order valence-electron chi connectivity index (χ0n) is 14.3. The summed E-state index contributed by atoms with van der Waals surface area (Å²) in [6, 6.07) is 15.1. The summed E-state index contributed by atoms with van der Waals surface area (Å²) >= 11 is 0. The van der Waals surface area contributed by atoms with Gasteiger partial charge >= 0.3 is 5.97 Å². The van der Waals surface area contributed by atoms with Gasteiger partial charge < -0.3 is 15.2 Å². The molecule has 2 rings (SSSR count). The standard InChI is InChI=1S/C20H23NO4/c1-15-5-2-8-18(13-15)25-12-4-9-19(22)21-17-7-3-6-16(14-17)10-11-20(23)24/h2-3,5-8,13-14H,4,9-12H2,1H3,(H,21,22)(H,23,24). The van der Waals surface area contributed by atoms with Crippen LogP contribution < -0.4 is 10.1 Å². The van der Waals surface area contributed by atoms with Crippen molar-refractivity contribution in [3.8, 4) is 5.75 Å². The van der Waals surface area contributed by atoms with E-state index in [9.17, 15) is 9.59 Å². The molecule has 2 aromatic carbocycles. The van der Waals surface area contributed by atoms with E-state index in [1.54, 1.807) is 6.07 Å². The molecule has 0 aliphatic carbocycles. The summed E-state index contributed by atoms with van der Waals surface area (Å²) in [5.74, 6) is -0.0992. The third-order valence-electron chi connectivity index (χ3n) is 3.64. The van der Waals surface area contributed by atoms with Gasteiger partial charge in [-0.25, -0.2) is 0 Å². The molecule has 0 atom stereocenters. The lowest BCUT2D eigenvalue weighted by Crippen LogP contribution is -2.13. The molecular weight excluding hydrogens is 318 g/mol. The monoisotopic (exact) mass is 341 g/mol. The van der Waals surface area contributed by atoms with Crippen molar-refractivity contribution >= 4 is 17.6 Å². The predicted molar refractivity (Wildman–Crippen MR) is 96.9 cm³/mol. The average molecular weight is 341 g/mol. The van der Waals surface area contributed by atoms with Crippen molar-refractivity contribution in [2.75, 3.05) is 11.9 Å². The fourth-order valence-electron chi connectivity index (χ4n) is 2.41. The van der Waals surface area contributed by atoms with Crippen LogP contribution in [0.5, 0.6) is 5.75 Å². The second-order valence-electron chi connectivity index (χ2n) is 5.91. The lowest BCUT2D eigenvalue weighted by Gasteiger charge is -2.08. The summed E-state index contributed by atoms with van der Waals surface area (Å²) in [6.45, 7) is 2.49. The van der Waals surface area contributed by atoms with Gasteiger partial charge in [0.15, 0.2) is 0 Å². The van der Waals surface area contributed by atoms with Crippen LogP contribution in [0.3, 0.4) is 0 Å². The van der Waals surface area contributed by atoms with Crippen LogP contribution >= 0.6 is 0 Å². The number of hydrogen-bond donors (Lipinski definition) is 2. The van der Waals surface area contributed by atoms with Crippen LogP contribution in [0, 0.1) is 6.92 Å². The van der Waals surface area contributed by atoms with Crippen LogP contribution in [0.1, 0.15) is 30.4 Å². The van der Waals surface area contributed by atoms with Gasteiger partial charge in [0.2, 0.25) is 5.91 Å². The molecule has 0 aliphatic heterocycles. The minimum absolute atomic E-state index is 0.0771. The van der Waals surface area contributed by atoms with E-state index in [4.69, 9.17) is 9.84 Å². The van der Waals surface area contributed by atoms with Crippen LogP contribution in [-0.4, -0.2) is 23.6 Å². The highest BCUT2D eigenvalue weighted by Gasteiger charge is 2.05. The fourth-order valence-corrected chi connectivity index (χ4v) is 2.41. The Balaban J connectivity index is 1.72. The largest absolute Gasteiger partial charge is 0.494 e. The van der Waals surface area contributed by atoms with E-state index in [0.29, 0.717) is 31.6 Å². The second kappa shape index (κ2) is 9.47. The Morgan fingerprint density at radius 3 is 2.64 bits per heavy atom. The minimum atomic E-state index is -0.831. The van der Waals surface area contributed by atoms with Crippen LogP contribution in [0.2, 0.25) is 0 Å². The number of aryl methyl sites for hydroxylation is 2. The predicted octanol–water partition coefficient (Wildman–Crippen LogP) is 3.81. The molecule has 0 bridgehead atoms. The molecule has 25 heavy (non-hydrogen) atoms. The highest BCUT2D eigenvalue weighted by Crippen LogP contribution is 2.14. The number of amides is 1. The fraction of sp³-hybridized carbons (Fsp3) is 0.300. The SMILES string of the molecule is Cc1cccc(OCCCC(=O)Nc2cccc(CCC(=O)O)c2)c1. The van der Waals surface area contributed by atoms with E-state index >= 15 is 0 Å². The van der Waals surface area contributed by atoms with Gasteiger partial charge in [-0.1, -0.05) is 24.3 Å². The summed E-state index contributed by atoms with van der Waals surface area (Å²) in [6.07, 6.45) is 1.51. The Kier molecular flexibility index (Phi) is 7.01. The van der Waals surface area contributed by atoms with Gasteiger partial charge in [-0.2, -0.15) is 0 Å². The normalized spacial score (nSPS) is 10.3. The first kappa shape index (κ1) is 18.5. The maximum atomic E-state index is 12.0. The molecule has 2 N–H and O–H groups in total. The van der Waals surface area contributed by atoms with E-state index in [-0.39, 0.29) is 12.3 Å². The molecule has 5 nitrogen and oxygen atoms in total. The van der Waals surface area contributed by atoms with Gasteiger partial charge in [0.05, 0.1) is 6.61 Å². The van der Waals surface area contributed by atoms with Crippen molar-refractivity contribution < 1.29 is 19.4 Å². The smallest absolute Gasteiger partial charge is 0.303 e. The quantitative estimate of drug-likeness (QED) is 0.680. The van der Waals surface area contributed by atoms with E-state index in [1.807, 2.05) is 49.4 Å². The second-order valence-corrected chi connectivity index (χ2v) is 5.91. The number of benzene rings is 2. The zero-order chi connectivity index (χ0) is 18.1. The van der Waals surface area contributed by atoms with Gasteiger partial charge in [-0.3, -0.25) is 9.59 Å². The van der Waals surface area contributed by atoms with Gasteiger partial charge in [-0.15, -0.1) is 0 Å². The van der Waals surface area contributed by atoms with E-state index in [0.717, 1.165) is 16.9 Å². The first-order chi connectivity index (χ1) is 12.0. The number of carboxylic acid groups (broad SMARTS) is 1. The summed E-state index contributed by atoms with van der Waals surface area (Å²) in [5, 5.41) is 11.6. The van der Waals surface area contributed by atoms with Crippen molar-refractivity contribution in [3.05, 3.63) is 59.7 Å². The number of anilines is 1. The molecule has 0 fully saturated rings. The zero-order valence-corrected chi connectivity index (χ0v) is 14.3. The maximum absolute atomic E-state index is 12.0. The van der Waals surface area contributed by atoms with Gasteiger partial charge in [-0.05, 0) is 55.2 Å². The molecule has 0 saturated heterocycles. The Morgan fingerprint density at radius 1 is 1.08 bits per heavy atom. The number of carbonyl (C=O) groups is 2. The van der Waals surface area contributed by atoms with Gasteiger partial charge in [0.25, 0.3) is 0 Å².